The standard InChI is InChI=1S/C14H18O4/c1-3-9-17-13(15)11-7-5-6-8-12(11)14(16)18-10-4-2/h3-5,7,11-12H,1-2,6,8-10H2. The molecule has 0 radical (unpaired) electrons. The summed E-state index contributed by atoms with van der Waals surface area (Å²) >= 11 is 0. The van der Waals surface area contributed by atoms with E-state index in [2.05, 4.69) is 13.2 Å². The second-order valence-electron chi connectivity index (χ2n) is 3.98. The molecule has 4 nitrogen and oxygen atoms in total. The summed E-state index contributed by atoms with van der Waals surface area (Å²) in [6.07, 6.45) is 7.96. The Balaban J connectivity index is 2.66. The van der Waals surface area contributed by atoms with Gasteiger partial charge in [0.1, 0.15) is 13.2 Å². The van der Waals surface area contributed by atoms with E-state index in [0.29, 0.717) is 6.42 Å². The van der Waals surface area contributed by atoms with Crippen molar-refractivity contribution in [3.8, 4) is 0 Å². The van der Waals surface area contributed by atoms with Gasteiger partial charge in [0.2, 0.25) is 0 Å². The fraction of sp³-hybridized carbons (Fsp3) is 0.429. The van der Waals surface area contributed by atoms with E-state index >= 15 is 0 Å². The fourth-order valence-electron chi connectivity index (χ4n) is 1.82. The normalized spacial score (nSPS) is 22.0. The maximum Gasteiger partial charge on any atom is 0.313 e. The second-order valence-corrected chi connectivity index (χ2v) is 3.98. The second kappa shape index (κ2) is 7.48. The summed E-state index contributed by atoms with van der Waals surface area (Å²) < 4.78 is 9.98. The number of ether oxygens (including phenoxy) is 2. The van der Waals surface area contributed by atoms with Gasteiger partial charge in [0, 0.05) is 0 Å². The lowest BCUT2D eigenvalue weighted by Gasteiger charge is -2.24. The van der Waals surface area contributed by atoms with Gasteiger partial charge in [0.05, 0.1) is 11.8 Å². The van der Waals surface area contributed by atoms with Crippen molar-refractivity contribution < 1.29 is 19.1 Å². The van der Waals surface area contributed by atoms with Crippen LogP contribution in [0.1, 0.15) is 12.8 Å². The number of esters is 2. The first-order valence-corrected chi connectivity index (χ1v) is 5.92. The molecule has 2 atom stereocenters. The van der Waals surface area contributed by atoms with Gasteiger partial charge < -0.3 is 9.47 Å². The SMILES string of the molecule is C=CCOC(=O)C1C=CCCC1C(=O)OCC=C. The summed E-state index contributed by atoms with van der Waals surface area (Å²) in [5.74, 6) is -1.81. The molecule has 0 aliphatic heterocycles. The van der Waals surface area contributed by atoms with Gasteiger partial charge in [0.15, 0.2) is 0 Å². The lowest BCUT2D eigenvalue weighted by Crippen LogP contribution is -2.33. The Morgan fingerprint density at radius 2 is 1.78 bits per heavy atom. The van der Waals surface area contributed by atoms with Crippen LogP contribution in [0.5, 0.6) is 0 Å². The van der Waals surface area contributed by atoms with E-state index in [1.807, 2.05) is 6.08 Å². The molecule has 0 aromatic rings. The van der Waals surface area contributed by atoms with E-state index in [9.17, 15) is 9.59 Å². The average molecular weight is 250 g/mol. The van der Waals surface area contributed by atoms with Gasteiger partial charge in [-0.15, -0.1) is 0 Å². The molecule has 0 fully saturated rings. The largest absolute Gasteiger partial charge is 0.461 e. The summed E-state index contributed by atoms with van der Waals surface area (Å²) in [4.78, 5) is 23.6. The van der Waals surface area contributed by atoms with Crippen molar-refractivity contribution in [1.82, 2.24) is 0 Å². The van der Waals surface area contributed by atoms with Gasteiger partial charge in [-0.3, -0.25) is 9.59 Å². The van der Waals surface area contributed by atoms with Crippen molar-refractivity contribution in [1.29, 1.82) is 0 Å². The molecule has 1 rings (SSSR count). The van der Waals surface area contributed by atoms with Crippen LogP contribution in [0.15, 0.2) is 37.5 Å². The monoisotopic (exact) mass is 250 g/mol. The Kier molecular flexibility index (Phi) is 5.91. The fourth-order valence-corrected chi connectivity index (χ4v) is 1.82. The van der Waals surface area contributed by atoms with E-state index in [4.69, 9.17) is 9.47 Å². The van der Waals surface area contributed by atoms with Crippen LogP contribution in [-0.4, -0.2) is 25.2 Å². The highest BCUT2D eigenvalue weighted by Gasteiger charge is 2.35. The summed E-state index contributed by atoms with van der Waals surface area (Å²) in [6, 6.07) is 0. The molecule has 0 spiro atoms. The van der Waals surface area contributed by atoms with Crippen molar-refractivity contribution in [3.63, 3.8) is 0 Å². The number of carbonyl (C=O) groups excluding carboxylic acids is 2. The number of hydrogen-bond donors (Lipinski definition) is 0. The van der Waals surface area contributed by atoms with E-state index in [1.54, 1.807) is 6.08 Å². The maximum atomic E-state index is 11.8. The molecule has 0 bridgehead atoms. The minimum absolute atomic E-state index is 0.150. The Morgan fingerprint density at radius 3 is 2.39 bits per heavy atom. The molecule has 98 valence electrons. The topological polar surface area (TPSA) is 52.6 Å². The smallest absolute Gasteiger partial charge is 0.313 e. The Morgan fingerprint density at radius 1 is 1.17 bits per heavy atom. The summed E-state index contributed by atoms with van der Waals surface area (Å²) in [5.41, 5.74) is 0. The Bertz CT molecular complexity index is 357. The lowest BCUT2D eigenvalue weighted by atomic mass is 9.84. The predicted molar refractivity (Wildman–Crippen MR) is 67.7 cm³/mol. The first-order valence-electron chi connectivity index (χ1n) is 5.92. The zero-order valence-electron chi connectivity index (χ0n) is 10.3. The molecular formula is C14H18O4. The maximum absolute atomic E-state index is 11.8. The van der Waals surface area contributed by atoms with Crippen LogP contribution in [0.25, 0.3) is 0 Å². The quantitative estimate of drug-likeness (QED) is 0.534. The van der Waals surface area contributed by atoms with Crippen molar-refractivity contribution in [2.24, 2.45) is 11.8 Å². The van der Waals surface area contributed by atoms with Crippen molar-refractivity contribution in [3.05, 3.63) is 37.5 Å². The molecule has 18 heavy (non-hydrogen) atoms. The number of allylic oxidation sites excluding steroid dienone is 1. The first kappa shape index (κ1) is 14.2. The van der Waals surface area contributed by atoms with E-state index in [-0.39, 0.29) is 19.2 Å². The lowest BCUT2D eigenvalue weighted by molar-refractivity contribution is -0.158. The highest BCUT2D eigenvalue weighted by molar-refractivity contribution is 5.84. The molecule has 0 aromatic heterocycles. The van der Waals surface area contributed by atoms with Crippen LogP contribution >= 0.6 is 0 Å². The third kappa shape index (κ3) is 3.87. The van der Waals surface area contributed by atoms with Crippen molar-refractivity contribution in [2.75, 3.05) is 13.2 Å². The van der Waals surface area contributed by atoms with Crippen LogP contribution in [0.3, 0.4) is 0 Å². The van der Waals surface area contributed by atoms with Crippen LogP contribution < -0.4 is 0 Å². The molecule has 0 saturated heterocycles. The zero-order valence-corrected chi connectivity index (χ0v) is 10.3. The van der Waals surface area contributed by atoms with Crippen LogP contribution in [0.2, 0.25) is 0 Å². The molecule has 2 unspecified atom stereocenters. The third-order valence-electron chi connectivity index (χ3n) is 2.68. The average Bonchev–Trinajstić information content (AvgIpc) is 2.42. The number of rotatable bonds is 6. The predicted octanol–water partition coefficient (Wildman–Crippen LogP) is 2.03. The molecule has 1 aliphatic rings. The highest BCUT2D eigenvalue weighted by atomic mass is 16.5. The summed E-state index contributed by atoms with van der Waals surface area (Å²) in [7, 11) is 0. The molecule has 0 N–H and O–H groups in total. The van der Waals surface area contributed by atoms with Gasteiger partial charge in [-0.25, -0.2) is 0 Å². The van der Waals surface area contributed by atoms with Gasteiger partial charge in [-0.2, -0.15) is 0 Å². The molecule has 0 heterocycles. The molecule has 0 amide bonds. The van der Waals surface area contributed by atoms with Gasteiger partial charge >= 0.3 is 11.9 Å². The molecule has 0 saturated carbocycles. The number of hydrogen-bond acceptors (Lipinski definition) is 4. The molecular weight excluding hydrogens is 232 g/mol. The summed E-state index contributed by atoms with van der Waals surface area (Å²) in [6.45, 7) is 7.26. The van der Waals surface area contributed by atoms with E-state index in [1.165, 1.54) is 12.2 Å². The highest BCUT2D eigenvalue weighted by Crippen LogP contribution is 2.27. The van der Waals surface area contributed by atoms with Crippen LogP contribution in [0.4, 0.5) is 0 Å². The first-order chi connectivity index (χ1) is 8.70. The van der Waals surface area contributed by atoms with Gasteiger partial charge in [0.25, 0.3) is 0 Å². The van der Waals surface area contributed by atoms with Crippen molar-refractivity contribution >= 4 is 11.9 Å². The van der Waals surface area contributed by atoms with Crippen molar-refractivity contribution in [2.45, 2.75) is 12.8 Å². The minimum Gasteiger partial charge on any atom is -0.461 e. The zero-order chi connectivity index (χ0) is 13.4. The Labute approximate surface area is 107 Å². The Hall–Kier alpha value is -1.84. The van der Waals surface area contributed by atoms with Crippen LogP contribution in [-0.2, 0) is 19.1 Å². The molecule has 1 aliphatic carbocycles. The van der Waals surface area contributed by atoms with E-state index in [0.717, 1.165) is 6.42 Å². The van der Waals surface area contributed by atoms with Gasteiger partial charge in [-0.1, -0.05) is 37.5 Å². The summed E-state index contributed by atoms with van der Waals surface area (Å²) in [5, 5.41) is 0. The molecule has 4 heteroatoms. The van der Waals surface area contributed by atoms with Gasteiger partial charge in [-0.05, 0) is 12.8 Å². The van der Waals surface area contributed by atoms with E-state index < -0.39 is 17.8 Å². The number of carbonyl (C=O) groups is 2. The third-order valence-corrected chi connectivity index (χ3v) is 2.68. The van der Waals surface area contributed by atoms with Crippen LogP contribution in [0, 0.1) is 11.8 Å². The molecule has 0 aromatic carbocycles. The minimum atomic E-state index is -0.559.